The number of rotatable bonds is 1. The molecule has 1 aliphatic heterocycles. The van der Waals surface area contributed by atoms with Crippen LogP contribution in [-0.4, -0.2) is 8.32 Å². The fraction of sp³-hybridized carbons (Fsp3) is 0.231. The van der Waals surface area contributed by atoms with Crippen molar-refractivity contribution in [1.82, 2.24) is 0 Å². The van der Waals surface area contributed by atoms with Crippen molar-refractivity contribution in [2.45, 2.75) is 38.0 Å². The summed E-state index contributed by atoms with van der Waals surface area (Å²) in [5, 5.41) is 1.45. The van der Waals surface area contributed by atoms with Gasteiger partial charge in [-0.25, -0.2) is 0 Å². The van der Waals surface area contributed by atoms with Gasteiger partial charge in [0, 0.05) is 11.0 Å². The second-order valence-electron chi connectivity index (χ2n) is 9.12. The first-order valence-electron chi connectivity index (χ1n) is 10.1. The molecule has 138 valence electrons. The molecular formula is C26H24OSi. The van der Waals surface area contributed by atoms with Crippen molar-refractivity contribution in [3.8, 4) is 0 Å². The lowest BCUT2D eigenvalue weighted by molar-refractivity contribution is 0.144. The molecule has 28 heavy (non-hydrogen) atoms. The van der Waals surface area contributed by atoms with E-state index in [1.54, 1.807) is 0 Å². The first kappa shape index (κ1) is 16.5. The minimum Gasteiger partial charge on any atom is -0.395 e. The van der Waals surface area contributed by atoms with Gasteiger partial charge in [0.05, 0.1) is 0 Å². The van der Waals surface area contributed by atoms with Crippen molar-refractivity contribution in [1.29, 1.82) is 0 Å². The standard InChI is InChI=1S/C26H24OSi/c1-6-17-11-8-13-19-23(17)26-22-16(2)10-7-12-18(22)25(19,3)20-14-9-15-21(24(20)26)28(4,5)27-26/h6-15H,1H2,2-5H3. The van der Waals surface area contributed by atoms with E-state index in [9.17, 15) is 0 Å². The van der Waals surface area contributed by atoms with Crippen LogP contribution in [-0.2, 0) is 15.4 Å². The molecule has 0 saturated heterocycles. The highest BCUT2D eigenvalue weighted by molar-refractivity contribution is 6.86. The van der Waals surface area contributed by atoms with E-state index in [0.29, 0.717) is 0 Å². The Kier molecular flexibility index (Phi) is 2.81. The summed E-state index contributed by atoms with van der Waals surface area (Å²) in [7, 11) is -2.07. The molecule has 0 N–H and O–H groups in total. The zero-order valence-electron chi connectivity index (χ0n) is 16.9. The largest absolute Gasteiger partial charge is 0.395 e. The first-order valence-corrected chi connectivity index (χ1v) is 13.0. The summed E-state index contributed by atoms with van der Waals surface area (Å²) in [6.45, 7) is 13.5. The molecule has 2 unspecified atom stereocenters. The molecule has 0 radical (unpaired) electrons. The molecule has 3 aromatic carbocycles. The summed E-state index contributed by atoms with van der Waals surface area (Å²) in [5.41, 5.74) is 10.2. The van der Waals surface area contributed by atoms with Gasteiger partial charge in [0.2, 0.25) is 8.32 Å². The predicted octanol–water partition coefficient (Wildman–Crippen LogP) is 5.35. The van der Waals surface area contributed by atoms with Gasteiger partial charge in [0.15, 0.2) is 0 Å². The van der Waals surface area contributed by atoms with Crippen LogP contribution in [0.2, 0.25) is 13.1 Å². The zero-order chi connectivity index (χ0) is 19.5. The van der Waals surface area contributed by atoms with E-state index < -0.39 is 13.9 Å². The Bertz CT molecular complexity index is 1220. The third-order valence-corrected chi connectivity index (χ3v) is 9.91. The normalized spacial score (nSPS) is 27.1. The van der Waals surface area contributed by atoms with Gasteiger partial charge in [-0.15, -0.1) is 0 Å². The van der Waals surface area contributed by atoms with Gasteiger partial charge in [-0.2, -0.15) is 0 Å². The minimum atomic E-state index is -2.07. The van der Waals surface area contributed by atoms with Crippen LogP contribution in [0, 0.1) is 6.92 Å². The average molecular weight is 381 g/mol. The maximum Gasteiger partial charge on any atom is 0.220 e. The Morgan fingerprint density at radius 3 is 2.18 bits per heavy atom. The van der Waals surface area contributed by atoms with Gasteiger partial charge in [0.25, 0.3) is 0 Å². The Morgan fingerprint density at radius 1 is 0.857 bits per heavy atom. The molecule has 2 bridgehead atoms. The molecule has 2 heteroatoms. The molecule has 4 aliphatic rings. The maximum absolute atomic E-state index is 7.29. The van der Waals surface area contributed by atoms with Crippen molar-refractivity contribution in [2.24, 2.45) is 0 Å². The SMILES string of the molecule is C=Cc1cccc2c1C13O[Si](C)(C)c4cccc(c41)C2(C)c1cccc(C)c13. The van der Waals surface area contributed by atoms with Crippen molar-refractivity contribution in [3.05, 3.63) is 106 Å². The Labute approximate surface area is 167 Å². The van der Waals surface area contributed by atoms with Gasteiger partial charge >= 0.3 is 0 Å². The number of benzene rings is 3. The molecule has 0 saturated carbocycles. The molecule has 0 aromatic heterocycles. The second-order valence-corrected chi connectivity index (χ2v) is 12.9. The van der Waals surface area contributed by atoms with Crippen molar-refractivity contribution in [3.63, 3.8) is 0 Å². The van der Waals surface area contributed by atoms with Gasteiger partial charge in [-0.1, -0.05) is 67.3 Å². The van der Waals surface area contributed by atoms with Crippen molar-refractivity contribution >= 4 is 19.6 Å². The summed E-state index contributed by atoms with van der Waals surface area (Å²) in [4.78, 5) is 0. The number of aryl methyl sites for hydroxylation is 1. The minimum absolute atomic E-state index is 0.166. The van der Waals surface area contributed by atoms with E-state index in [2.05, 4.69) is 88.1 Å². The lowest BCUT2D eigenvalue weighted by atomic mass is 9.50. The fourth-order valence-electron chi connectivity index (χ4n) is 6.35. The van der Waals surface area contributed by atoms with Crippen LogP contribution >= 0.6 is 0 Å². The monoisotopic (exact) mass is 380 g/mol. The Balaban J connectivity index is 1.94. The fourth-order valence-corrected chi connectivity index (χ4v) is 8.94. The Morgan fingerprint density at radius 2 is 1.46 bits per heavy atom. The molecule has 7 rings (SSSR count). The molecule has 1 heterocycles. The highest BCUT2D eigenvalue weighted by Gasteiger charge is 2.65. The van der Waals surface area contributed by atoms with E-state index in [1.807, 2.05) is 6.08 Å². The first-order chi connectivity index (χ1) is 13.4. The lowest BCUT2D eigenvalue weighted by Gasteiger charge is -2.54. The number of hydrogen-bond acceptors (Lipinski definition) is 1. The van der Waals surface area contributed by atoms with Crippen LogP contribution in [0.25, 0.3) is 6.08 Å². The maximum atomic E-state index is 7.29. The molecular weight excluding hydrogens is 356 g/mol. The van der Waals surface area contributed by atoms with Crippen LogP contribution in [0.4, 0.5) is 0 Å². The van der Waals surface area contributed by atoms with Crippen LogP contribution in [0.15, 0.2) is 61.2 Å². The molecule has 2 atom stereocenters. The Hall–Kier alpha value is -2.42. The average Bonchev–Trinajstić information content (AvgIpc) is 2.93. The molecule has 0 amide bonds. The van der Waals surface area contributed by atoms with E-state index in [-0.39, 0.29) is 5.41 Å². The van der Waals surface area contributed by atoms with Crippen LogP contribution < -0.4 is 5.19 Å². The molecule has 3 aliphatic carbocycles. The highest BCUT2D eigenvalue weighted by Crippen LogP contribution is 2.65. The van der Waals surface area contributed by atoms with E-state index >= 15 is 0 Å². The van der Waals surface area contributed by atoms with E-state index in [0.717, 1.165) is 0 Å². The van der Waals surface area contributed by atoms with Gasteiger partial charge in [0.1, 0.15) is 5.60 Å². The van der Waals surface area contributed by atoms with Crippen LogP contribution in [0.3, 0.4) is 0 Å². The van der Waals surface area contributed by atoms with Crippen molar-refractivity contribution < 1.29 is 4.43 Å². The summed E-state index contributed by atoms with van der Waals surface area (Å²) < 4.78 is 7.29. The summed E-state index contributed by atoms with van der Waals surface area (Å²) in [6, 6.07) is 20.3. The molecule has 0 fully saturated rings. The quantitative estimate of drug-likeness (QED) is 0.517. The predicted molar refractivity (Wildman–Crippen MR) is 118 cm³/mol. The van der Waals surface area contributed by atoms with E-state index in [1.165, 1.54) is 49.7 Å². The summed E-state index contributed by atoms with van der Waals surface area (Å²) in [6.07, 6.45) is 2.01. The molecule has 3 aromatic rings. The van der Waals surface area contributed by atoms with Crippen LogP contribution in [0.1, 0.15) is 51.4 Å². The third kappa shape index (κ3) is 1.50. The van der Waals surface area contributed by atoms with Gasteiger partial charge < -0.3 is 4.43 Å². The summed E-state index contributed by atoms with van der Waals surface area (Å²) in [5.74, 6) is 0. The highest BCUT2D eigenvalue weighted by atomic mass is 28.4. The topological polar surface area (TPSA) is 9.23 Å². The van der Waals surface area contributed by atoms with Gasteiger partial charge in [-0.05, 0) is 71.1 Å². The third-order valence-electron chi connectivity index (χ3n) is 7.38. The van der Waals surface area contributed by atoms with Crippen LogP contribution in [0.5, 0.6) is 0 Å². The second kappa shape index (κ2) is 4.76. The van der Waals surface area contributed by atoms with Gasteiger partial charge in [-0.3, -0.25) is 0 Å². The molecule has 1 nitrogen and oxygen atoms in total. The molecule has 1 spiro atoms. The zero-order valence-corrected chi connectivity index (χ0v) is 17.9. The lowest BCUT2D eigenvalue weighted by Crippen LogP contribution is -2.51. The summed E-state index contributed by atoms with van der Waals surface area (Å²) >= 11 is 0. The smallest absolute Gasteiger partial charge is 0.220 e. The number of hydrogen-bond donors (Lipinski definition) is 0. The van der Waals surface area contributed by atoms with E-state index in [4.69, 9.17) is 4.43 Å². The van der Waals surface area contributed by atoms with Crippen molar-refractivity contribution in [2.75, 3.05) is 0 Å².